The number of nitrogens with two attached hydrogens (primary N) is 1. The molecule has 0 atom stereocenters. The second-order valence-corrected chi connectivity index (χ2v) is 3.65. The van der Waals surface area contributed by atoms with Crippen LogP contribution in [0.25, 0.3) is 11.1 Å². The van der Waals surface area contributed by atoms with Gasteiger partial charge in [0.15, 0.2) is 5.15 Å². The number of nitrogen functional groups attached to an aromatic ring is 1. The van der Waals surface area contributed by atoms with Gasteiger partial charge in [-0.05, 0) is 23.8 Å². The number of benzene rings is 1. The van der Waals surface area contributed by atoms with Crippen molar-refractivity contribution in [2.24, 2.45) is 0 Å². The van der Waals surface area contributed by atoms with Gasteiger partial charge in [-0.15, -0.1) is 0 Å². The summed E-state index contributed by atoms with van der Waals surface area (Å²) in [6.07, 6.45) is 1.64. The predicted octanol–water partition coefficient (Wildman–Crippen LogP) is 2.99. The highest BCUT2D eigenvalue weighted by molar-refractivity contribution is 6.32. The summed E-state index contributed by atoms with van der Waals surface area (Å²) >= 11 is 5.86. The summed E-state index contributed by atoms with van der Waals surface area (Å²) in [5.41, 5.74) is 8.22. The fourth-order valence-corrected chi connectivity index (χ4v) is 1.63. The maximum atomic E-state index is 5.86. The summed E-state index contributed by atoms with van der Waals surface area (Å²) in [6, 6.07) is 9.46. The molecule has 1 aromatic heterocycles. The van der Waals surface area contributed by atoms with E-state index < -0.39 is 0 Å². The number of anilines is 1. The van der Waals surface area contributed by atoms with Gasteiger partial charge in [0, 0.05) is 11.8 Å². The van der Waals surface area contributed by atoms with Crippen LogP contribution < -0.4 is 10.5 Å². The molecule has 4 heteroatoms. The first-order valence-electron chi connectivity index (χ1n) is 4.77. The van der Waals surface area contributed by atoms with E-state index in [0.29, 0.717) is 10.8 Å². The lowest BCUT2D eigenvalue weighted by Crippen LogP contribution is -1.93. The number of ether oxygens (including phenoxy) is 1. The molecular formula is C12H11ClN2O. The fraction of sp³-hybridized carbons (Fsp3) is 0.0833. The molecule has 0 saturated carbocycles. The molecule has 16 heavy (non-hydrogen) atoms. The van der Waals surface area contributed by atoms with E-state index in [9.17, 15) is 0 Å². The van der Waals surface area contributed by atoms with Crippen molar-refractivity contribution in [3.8, 4) is 16.9 Å². The van der Waals surface area contributed by atoms with Gasteiger partial charge in [0.05, 0.1) is 12.8 Å². The van der Waals surface area contributed by atoms with Crippen LogP contribution in [0, 0.1) is 0 Å². The summed E-state index contributed by atoms with van der Waals surface area (Å²) in [5, 5.41) is 0.327. The standard InChI is InChI=1S/C12H11ClN2O/c1-16-9-4-2-8(3-5-9)10-6-7-15-12(13)11(10)14/h2-7H,14H2,1H3. The Morgan fingerprint density at radius 2 is 1.88 bits per heavy atom. The second kappa shape index (κ2) is 4.41. The lowest BCUT2D eigenvalue weighted by molar-refractivity contribution is 0.415. The quantitative estimate of drug-likeness (QED) is 0.813. The predicted molar refractivity (Wildman–Crippen MR) is 65.6 cm³/mol. The molecule has 1 aromatic carbocycles. The van der Waals surface area contributed by atoms with Crippen LogP contribution in [-0.4, -0.2) is 12.1 Å². The van der Waals surface area contributed by atoms with Gasteiger partial charge in [-0.2, -0.15) is 0 Å². The van der Waals surface area contributed by atoms with Crippen molar-refractivity contribution in [1.82, 2.24) is 4.98 Å². The number of hydrogen-bond acceptors (Lipinski definition) is 3. The molecule has 0 aliphatic heterocycles. The molecule has 0 fully saturated rings. The highest BCUT2D eigenvalue weighted by atomic mass is 35.5. The Labute approximate surface area is 98.8 Å². The third-order valence-corrected chi connectivity index (χ3v) is 2.64. The van der Waals surface area contributed by atoms with Gasteiger partial charge in [0.25, 0.3) is 0 Å². The molecule has 0 aliphatic rings. The highest BCUT2D eigenvalue weighted by Gasteiger charge is 2.06. The summed E-state index contributed by atoms with van der Waals surface area (Å²) in [4.78, 5) is 3.91. The summed E-state index contributed by atoms with van der Waals surface area (Å²) < 4.78 is 5.09. The molecule has 0 radical (unpaired) electrons. The van der Waals surface area contributed by atoms with E-state index >= 15 is 0 Å². The van der Waals surface area contributed by atoms with Gasteiger partial charge in [0.2, 0.25) is 0 Å². The van der Waals surface area contributed by atoms with Crippen LogP contribution in [-0.2, 0) is 0 Å². The number of rotatable bonds is 2. The molecule has 1 heterocycles. The second-order valence-electron chi connectivity index (χ2n) is 3.29. The molecule has 2 aromatic rings. The molecule has 0 spiro atoms. The van der Waals surface area contributed by atoms with Gasteiger partial charge in [-0.3, -0.25) is 0 Å². The van der Waals surface area contributed by atoms with Crippen molar-refractivity contribution in [3.63, 3.8) is 0 Å². The van der Waals surface area contributed by atoms with Crippen molar-refractivity contribution in [1.29, 1.82) is 0 Å². The molecule has 82 valence electrons. The van der Waals surface area contributed by atoms with E-state index in [4.69, 9.17) is 22.1 Å². The molecule has 2 N–H and O–H groups in total. The number of aromatic nitrogens is 1. The Kier molecular flexibility index (Phi) is 2.97. The Morgan fingerprint density at radius 1 is 1.19 bits per heavy atom. The van der Waals surface area contributed by atoms with Crippen LogP contribution >= 0.6 is 11.6 Å². The normalized spacial score (nSPS) is 10.1. The van der Waals surface area contributed by atoms with E-state index in [-0.39, 0.29) is 0 Å². The van der Waals surface area contributed by atoms with Crippen molar-refractivity contribution < 1.29 is 4.74 Å². The number of nitrogens with zero attached hydrogens (tertiary/aromatic N) is 1. The molecule has 0 amide bonds. The number of methoxy groups -OCH3 is 1. The fourth-order valence-electron chi connectivity index (χ4n) is 1.47. The van der Waals surface area contributed by atoms with E-state index in [1.165, 1.54) is 0 Å². The molecule has 0 unspecified atom stereocenters. The van der Waals surface area contributed by atoms with Crippen LogP contribution in [0.3, 0.4) is 0 Å². The van der Waals surface area contributed by atoms with Crippen LogP contribution in [0.1, 0.15) is 0 Å². The Morgan fingerprint density at radius 3 is 2.50 bits per heavy atom. The average Bonchev–Trinajstić information content (AvgIpc) is 2.33. The van der Waals surface area contributed by atoms with Crippen molar-refractivity contribution in [3.05, 3.63) is 41.7 Å². The van der Waals surface area contributed by atoms with Crippen molar-refractivity contribution >= 4 is 17.3 Å². The minimum Gasteiger partial charge on any atom is -0.497 e. The van der Waals surface area contributed by atoms with Gasteiger partial charge in [-0.1, -0.05) is 23.7 Å². The van der Waals surface area contributed by atoms with E-state index in [2.05, 4.69) is 4.98 Å². The zero-order valence-electron chi connectivity index (χ0n) is 8.77. The molecule has 0 aliphatic carbocycles. The van der Waals surface area contributed by atoms with Crippen LogP contribution in [0.4, 0.5) is 5.69 Å². The molecule has 0 saturated heterocycles. The first-order valence-corrected chi connectivity index (χ1v) is 5.14. The number of pyridine rings is 1. The van der Waals surface area contributed by atoms with Crippen molar-refractivity contribution in [2.45, 2.75) is 0 Å². The zero-order chi connectivity index (χ0) is 11.5. The smallest absolute Gasteiger partial charge is 0.152 e. The first-order chi connectivity index (χ1) is 7.72. The average molecular weight is 235 g/mol. The summed E-state index contributed by atoms with van der Waals surface area (Å²) in [5.74, 6) is 0.808. The molecular weight excluding hydrogens is 224 g/mol. The van der Waals surface area contributed by atoms with Gasteiger partial charge >= 0.3 is 0 Å². The highest BCUT2D eigenvalue weighted by Crippen LogP contribution is 2.30. The minimum atomic E-state index is 0.327. The van der Waals surface area contributed by atoms with E-state index in [1.807, 2.05) is 30.3 Å². The third-order valence-electron chi connectivity index (χ3n) is 2.34. The lowest BCUT2D eigenvalue weighted by Gasteiger charge is -2.07. The SMILES string of the molecule is COc1ccc(-c2ccnc(Cl)c2N)cc1. The maximum Gasteiger partial charge on any atom is 0.152 e. The minimum absolute atomic E-state index is 0.327. The first kappa shape index (κ1) is 10.8. The largest absolute Gasteiger partial charge is 0.497 e. The van der Waals surface area contributed by atoms with Crippen LogP contribution in [0.5, 0.6) is 5.75 Å². The topological polar surface area (TPSA) is 48.1 Å². The molecule has 0 bridgehead atoms. The number of hydrogen-bond donors (Lipinski definition) is 1. The molecule has 3 nitrogen and oxygen atoms in total. The molecule has 2 rings (SSSR count). The van der Waals surface area contributed by atoms with E-state index in [0.717, 1.165) is 16.9 Å². The van der Waals surface area contributed by atoms with Gasteiger partial charge < -0.3 is 10.5 Å². The number of halogens is 1. The van der Waals surface area contributed by atoms with Crippen LogP contribution in [0.15, 0.2) is 36.5 Å². The summed E-state index contributed by atoms with van der Waals surface area (Å²) in [7, 11) is 1.63. The van der Waals surface area contributed by atoms with Gasteiger partial charge in [-0.25, -0.2) is 4.98 Å². The van der Waals surface area contributed by atoms with Gasteiger partial charge in [0.1, 0.15) is 5.75 Å². The third kappa shape index (κ3) is 1.95. The van der Waals surface area contributed by atoms with Crippen molar-refractivity contribution in [2.75, 3.05) is 12.8 Å². The maximum absolute atomic E-state index is 5.86. The van der Waals surface area contributed by atoms with Crippen LogP contribution in [0.2, 0.25) is 5.15 Å². The zero-order valence-corrected chi connectivity index (χ0v) is 9.53. The Balaban J connectivity index is 2.46. The summed E-state index contributed by atoms with van der Waals surface area (Å²) in [6.45, 7) is 0. The van der Waals surface area contributed by atoms with E-state index in [1.54, 1.807) is 13.3 Å². The Bertz CT molecular complexity index is 497. The monoisotopic (exact) mass is 234 g/mol. The Hall–Kier alpha value is -1.74. The lowest BCUT2D eigenvalue weighted by atomic mass is 10.1.